The van der Waals surface area contributed by atoms with Crippen LogP contribution in [0, 0.1) is 5.92 Å². The van der Waals surface area contributed by atoms with Crippen molar-refractivity contribution in [1.82, 2.24) is 5.32 Å². The molecular formula is C20H26N2O2. The van der Waals surface area contributed by atoms with Crippen molar-refractivity contribution in [3.05, 3.63) is 41.0 Å². The SMILES string of the molecule is NCCC(=O)NC1CCC(CC(=O)c2ccc3c(c2)C=CC3)CC1. The second-order valence-corrected chi connectivity index (χ2v) is 6.97. The number of hydrogen-bond acceptors (Lipinski definition) is 3. The summed E-state index contributed by atoms with van der Waals surface area (Å²) in [6.45, 7) is 0.394. The first-order chi connectivity index (χ1) is 11.7. The maximum atomic E-state index is 12.5. The van der Waals surface area contributed by atoms with Gasteiger partial charge in [0.15, 0.2) is 5.78 Å². The summed E-state index contributed by atoms with van der Waals surface area (Å²) in [4.78, 5) is 24.1. The summed E-state index contributed by atoms with van der Waals surface area (Å²) < 4.78 is 0. The van der Waals surface area contributed by atoms with Crippen LogP contribution in [0.1, 0.15) is 60.0 Å². The zero-order valence-electron chi connectivity index (χ0n) is 14.1. The van der Waals surface area contributed by atoms with Crippen molar-refractivity contribution in [3.8, 4) is 0 Å². The number of carbonyl (C=O) groups excluding carboxylic acids is 2. The van der Waals surface area contributed by atoms with Gasteiger partial charge in [0.1, 0.15) is 0 Å². The van der Waals surface area contributed by atoms with E-state index in [4.69, 9.17) is 5.73 Å². The van der Waals surface area contributed by atoms with Gasteiger partial charge in [-0.3, -0.25) is 9.59 Å². The number of allylic oxidation sites excluding steroid dienone is 1. The third-order valence-electron chi connectivity index (χ3n) is 5.16. The predicted molar refractivity (Wildman–Crippen MR) is 95.7 cm³/mol. The Labute approximate surface area is 143 Å². The van der Waals surface area contributed by atoms with Gasteiger partial charge in [0.05, 0.1) is 0 Å². The van der Waals surface area contributed by atoms with E-state index >= 15 is 0 Å². The molecule has 4 nitrogen and oxygen atoms in total. The Morgan fingerprint density at radius 3 is 2.71 bits per heavy atom. The summed E-state index contributed by atoms with van der Waals surface area (Å²) in [5.74, 6) is 0.723. The molecule has 3 rings (SSSR count). The van der Waals surface area contributed by atoms with Crippen molar-refractivity contribution in [1.29, 1.82) is 0 Å². The number of Topliss-reactive ketones (excluding diaryl/α,β-unsaturated/α-hetero) is 1. The molecule has 0 spiro atoms. The monoisotopic (exact) mass is 326 g/mol. The van der Waals surface area contributed by atoms with Crippen LogP contribution in [0.25, 0.3) is 6.08 Å². The fourth-order valence-electron chi connectivity index (χ4n) is 3.74. The van der Waals surface area contributed by atoms with Gasteiger partial charge in [-0.1, -0.05) is 24.3 Å². The molecule has 1 aromatic rings. The lowest BCUT2D eigenvalue weighted by Crippen LogP contribution is -2.38. The molecule has 1 saturated carbocycles. The summed E-state index contributed by atoms with van der Waals surface area (Å²) in [6, 6.07) is 6.32. The molecule has 128 valence electrons. The first-order valence-electron chi connectivity index (χ1n) is 8.98. The number of carbonyl (C=O) groups is 2. The summed E-state index contributed by atoms with van der Waals surface area (Å²) >= 11 is 0. The van der Waals surface area contributed by atoms with Crippen molar-refractivity contribution in [2.75, 3.05) is 6.54 Å². The number of rotatable bonds is 6. The van der Waals surface area contributed by atoms with Gasteiger partial charge in [-0.2, -0.15) is 0 Å². The molecule has 0 aromatic heterocycles. The molecule has 0 radical (unpaired) electrons. The van der Waals surface area contributed by atoms with E-state index in [2.05, 4.69) is 23.5 Å². The van der Waals surface area contributed by atoms with Gasteiger partial charge in [-0.15, -0.1) is 0 Å². The van der Waals surface area contributed by atoms with Crippen LogP contribution >= 0.6 is 0 Å². The standard InChI is InChI=1S/C20H26N2O2/c21-11-10-20(24)22-18-8-4-14(5-9-18)12-19(23)17-7-6-15-2-1-3-16(15)13-17/h1,3,6-7,13-14,18H,2,4-5,8-12,21H2,(H,22,24). The molecule has 0 aliphatic heterocycles. The minimum atomic E-state index is 0.0447. The molecule has 0 bridgehead atoms. The number of amides is 1. The molecule has 4 heteroatoms. The molecular weight excluding hydrogens is 300 g/mol. The number of nitrogens with two attached hydrogens (primary N) is 1. The molecule has 2 aliphatic rings. The van der Waals surface area contributed by atoms with E-state index in [-0.39, 0.29) is 17.7 Å². The lowest BCUT2D eigenvalue weighted by atomic mass is 9.82. The third kappa shape index (κ3) is 4.12. The lowest BCUT2D eigenvalue weighted by Gasteiger charge is -2.28. The minimum Gasteiger partial charge on any atom is -0.353 e. The normalized spacial score (nSPS) is 22.2. The fraction of sp³-hybridized carbons (Fsp3) is 0.500. The van der Waals surface area contributed by atoms with E-state index < -0.39 is 0 Å². The molecule has 0 unspecified atom stereocenters. The van der Waals surface area contributed by atoms with Gasteiger partial charge >= 0.3 is 0 Å². The van der Waals surface area contributed by atoms with Crippen molar-refractivity contribution in [2.45, 2.75) is 51.0 Å². The third-order valence-corrected chi connectivity index (χ3v) is 5.16. The summed E-state index contributed by atoms with van der Waals surface area (Å²) in [7, 11) is 0. The van der Waals surface area contributed by atoms with Crippen molar-refractivity contribution in [3.63, 3.8) is 0 Å². The first kappa shape index (κ1) is 16.9. The molecule has 2 aliphatic carbocycles. The maximum Gasteiger partial charge on any atom is 0.221 e. The van der Waals surface area contributed by atoms with Crippen LogP contribution in [0.2, 0.25) is 0 Å². The quantitative estimate of drug-likeness (QED) is 0.790. The Morgan fingerprint density at radius 1 is 1.17 bits per heavy atom. The number of hydrogen-bond donors (Lipinski definition) is 2. The number of benzene rings is 1. The molecule has 1 aromatic carbocycles. The smallest absolute Gasteiger partial charge is 0.221 e. The van der Waals surface area contributed by atoms with E-state index in [0.717, 1.165) is 37.7 Å². The average Bonchev–Trinajstić information content (AvgIpc) is 3.04. The van der Waals surface area contributed by atoms with Gasteiger partial charge in [0.2, 0.25) is 5.91 Å². The van der Waals surface area contributed by atoms with Crippen LogP contribution in [-0.4, -0.2) is 24.3 Å². The van der Waals surface area contributed by atoms with Gasteiger partial charge in [0.25, 0.3) is 0 Å². The van der Waals surface area contributed by atoms with Gasteiger partial charge in [0, 0.05) is 31.0 Å². The van der Waals surface area contributed by atoms with Gasteiger partial charge in [-0.05, 0) is 55.2 Å². The zero-order valence-corrected chi connectivity index (χ0v) is 14.1. The number of ketones is 1. The summed E-state index contributed by atoms with van der Waals surface area (Å²) in [5, 5.41) is 3.04. The van der Waals surface area contributed by atoms with Crippen LogP contribution in [0.15, 0.2) is 24.3 Å². The van der Waals surface area contributed by atoms with Crippen LogP contribution < -0.4 is 11.1 Å². The summed E-state index contributed by atoms with van der Waals surface area (Å²) in [6.07, 6.45) is 10.2. The summed E-state index contributed by atoms with van der Waals surface area (Å²) in [5.41, 5.74) is 8.72. The van der Waals surface area contributed by atoms with E-state index in [1.54, 1.807) is 0 Å². The molecule has 1 amide bonds. The Balaban J connectivity index is 1.48. The average molecular weight is 326 g/mol. The van der Waals surface area contributed by atoms with Crippen molar-refractivity contribution in [2.24, 2.45) is 11.7 Å². The maximum absolute atomic E-state index is 12.5. The Hall–Kier alpha value is -1.94. The van der Waals surface area contributed by atoms with Gasteiger partial charge in [-0.25, -0.2) is 0 Å². The molecule has 24 heavy (non-hydrogen) atoms. The van der Waals surface area contributed by atoms with Crippen LogP contribution in [0.5, 0.6) is 0 Å². The lowest BCUT2D eigenvalue weighted by molar-refractivity contribution is -0.121. The van der Waals surface area contributed by atoms with Crippen LogP contribution in [-0.2, 0) is 11.2 Å². The molecule has 0 saturated heterocycles. The molecule has 0 atom stereocenters. The molecule has 0 heterocycles. The highest BCUT2D eigenvalue weighted by Gasteiger charge is 2.24. The van der Waals surface area contributed by atoms with E-state index in [1.165, 1.54) is 11.1 Å². The van der Waals surface area contributed by atoms with Crippen LogP contribution in [0.4, 0.5) is 0 Å². The van der Waals surface area contributed by atoms with E-state index in [9.17, 15) is 9.59 Å². The Bertz CT molecular complexity index is 643. The molecule has 3 N–H and O–H groups in total. The Kier molecular flexibility index (Phi) is 5.46. The Morgan fingerprint density at radius 2 is 1.96 bits per heavy atom. The van der Waals surface area contributed by atoms with E-state index in [1.807, 2.05) is 12.1 Å². The zero-order chi connectivity index (χ0) is 16.9. The molecule has 1 fully saturated rings. The minimum absolute atomic E-state index is 0.0447. The van der Waals surface area contributed by atoms with Crippen molar-refractivity contribution < 1.29 is 9.59 Å². The topological polar surface area (TPSA) is 72.2 Å². The van der Waals surface area contributed by atoms with Crippen molar-refractivity contribution >= 4 is 17.8 Å². The first-order valence-corrected chi connectivity index (χ1v) is 8.98. The second-order valence-electron chi connectivity index (χ2n) is 6.97. The van der Waals surface area contributed by atoms with E-state index in [0.29, 0.717) is 25.3 Å². The fourth-order valence-corrected chi connectivity index (χ4v) is 3.74. The number of nitrogens with one attached hydrogen (secondary N) is 1. The van der Waals surface area contributed by atoms with Crippen LogP contribution in [0.3, 0.4) is 0 Å². The van der Waals surface area contributed by atoms with Gasteiger partial charge < -0.3 is 11.1 Å². The number of fused-ring (bicyclic) bond motifs is 1. The highest BCUT2D eigenvalue weighted by Crippen LogP contribution is 2.29. The second kappa shape index (κ2) is 7.75. The highest BCUT2D eigenvalue weighted by molar-refractivity contribution is 5.97. The largest absolute Gasteiger partial charge is 0.353 e. The predicted octanol–water partition coefficient (Wildman–Crippen LogP) is 2.85. The highest BCUT2D eigenvalue weighted by atomic mass is 16.1.